The largest absolute Gasteiger partial charge is 0.477 e. The molecule has 228 valence electrons. The molecule has 3 aliphatic rings. The highest BCUT2D eigenvalue weighted by molar-refractivity contribution is 5.76. The highest BCUT2D eigenvalue weighted by Gasteiger charge is 2.59. The van der Waals surface area contributed by atoms with Crippen molar-refractivity contribution in [2.45, 2.75) is 98.7 Å². The summed E-state index contributed by atoms with van der Waals surface area (Å²) in [5.41, 5.74) is 0. The van der Waals surface area contributed by atoms with Crippen molar-refractivity contribution < 1.29 is 84.7 Å². The molecule has 3 rings (SSSR count). The zero-order chi connectivity index (χ0) is 29.2. The van der Waals surface area contributed by atoms with E-state index in [9.17, 15) is 61.0 Å². The third-order valence-corrected chi connectivity index (χ3v) is 7.37. The Morgan fingerprint density at radius 3 is 2.15 bits per heavy atom. The van der Waals surface area contributed by atoms with E-state index < -0.39 is 123 Å². The van der Waals surface area contributed by atoms with Gasteiger partial charge in [0.2, 0.25) is 0 Å². The first-order chi connectivity index (χ1) is 18.3. The van der Waals surface area contributed by atoms with Gasteiger partial charge in [-0.25, -0.2) is 4.79 Å². The van der Waals surface area contributed by atoms with Crippen LogP contribution in [-0.2, 0) is 28.5 Å². The summed E-state index contributed by atoms with van der Waals surface area (Å²) in [6, 6.07) is 0. The van der Waals surface area contributed by atoms with Crippen LogP contribution in [0.25, 0.3) is 0 Å². The lowest BCUT2D eigenvalue weighted by Gasteiger charge is -2.50. The maximum absolute atomic E-state index is 12.4. The highest BCUT2D eigenvalue weighted by Crippen LogP contribution is 2.39. The van der Waals surface area contributed by atoms with Gasteiger partial charge in [-0.05, 0) is 0 Å². The number of aliphatic hydroxyl groups excluding tert-OH is 10. The third-order valence-electron chi connectivity index (χ3n) is 7.37. The first kappa shape index (κ1) is 32.4. The van der Waals surface area contributed by atoms with Gasteiger partial charge in [0, 0.05) is 12.3 Å². The molecule has 0 aromatic heterocycles. The van der Waals surface area contributed by atoms with Crippen LogP contribution in [0.5, 0.6) is 0 Å². The minimum Gasteiger partial charge on any atom is -0.477 e. The number of carboxylic acid groups (broad SMARTS) is 1. The van der Waals surface area contributed by atoms with Crippen LogP contribution in [0.15, 0.2) is 0 Å². The second-order valence-electron chi connectivity index (χ2n) is 10.0. The van der Waals surface area contributed by atoms with Crippen LogP contribution >= 0.6 is 0 Å². The van der Waals surface area contributed by atoms with Gasteiger partial charge in [-0.15, -0.1) is 0 Å². The Hall–Kier alpha value is -1.13. The Labute approximate surface area is 222 Å². The number of aliphatic hydroxyl groups is 10. The van der Waals surface area contributed by atoms with Gasteiger partial charge >= 0.3 is 5.97 Å². The Bertz CT molecular complexity index is 801. The minimum atomic E-state index is -2.82. The fourth-order valence-corrected chi connectivity index (χ4v) is 4.89. The van der Waals surface area contributed by atoms with Gasteiger partial charge in [0.15, 0.2) is 6.29 Å². The molecule has 0 saturated carbocycles. The van der Waals surface area contributed by atoms with Crippen LogP contribution in [0.4, 0.5) is 0 Å². The fourth-order valence-electron chi connectivity index (χ4n) is 4.89. The molecule has 0 spiro atoms. The lowest BCUT2D eigenvalue weighted by Crippen LogP contribution is -2.68. The lowest BCUT2D eigenvalue weighted by molar-refractivity contribution is -0.382. The van der Waals surface area contributed by atoms with Crippen molar-refractivity contribution >= 4 is 5.97 Å². The molecule has 39 heavy (non-hydrogen) atoms. The third kappa shape index (κ3) is 6.53. The zero-order valence-electron chi connectivity index (χ0n) is 21.0. The standard InChI is InChI=1S/C22H38O17/c1-7-8(26)2-22(21(33)34,38-17(7)13(29)9(27)3-23)39-19-15(31)11(4-24)36-20(16(19)32)37-18-12(5-25)35-6-10(28)14(18)30/h7-20,23-32H,2-6H2,1H3,(H,33,34)/t7-,8?,9-,10?,11?,12+,13-,14?,15?,16?,17-,18-,19+,20+,22+/m1/s1. The SMILES string of the molecule is C[C@@H]1C(O)C[C@](O[C@H]2C(O)C(CO)O[C@@H](O[C@H]3C(O)C(O)CO[C@H]3CO)C2O)(C(=O)O)O[C@H]1[C@H](O)[C@H](O)CO. The molecule has 3 fully saturated rings. The second kappa shape index (κ2) is 13.2. The molecule has 0 aromatic carbocycles. The smallest absolute Gasteiger partial charge is 0.364 e. The summed E-state index contributed by atoms with van der Waals surface area (Å²) >= 11 is 0. The molecule has 17 nitrogen and oxygen atoms in total. The van der Waals surface area contributed by atoms with Crippen LogP contribution in [0, 0.1) is 5.92 Å². The topological polar surface area (TPSA) is 286 Å². The molecule has 3 saturated heterocycles. The van der Waals surface area contributed by atoms with Gasteiger partial charge in [0.25, 0.3) is 5.79 Å². The van der Waals surface area contributed by atoms with E-state index in [0.29, 0.717) is 0 Å². The van der Waals surface area contributed by atoms with E-state index in [1.807, 2.05) is 0 Å². The molecule has 0 bridgehead atoms. The van der Waals surface area contributed by atoms with Crippen LogP contribution in [0.3, 0.4) is 0 Å². The number of rotatable bonds is 10. The van der Waals surface area contributed by atoms with Gasteiger partial charge in [-0.1, -0.05) is 6.92 Å². The summed E-state index contributed by atoms with van der Waals surface area (Å²) in [5, 5.41) is 111. The first-order valence-electron chi connectivity index (χ1n) is 12.4. The van der Waals surface area contributed by atoms with E-state index in [-0.39, 0.29) is 6.61 Å². The van der Waals surface area contributed by atoms with Gasteiger partial charge in [-0.3, -0.25) is 0 Å². The quantitative estimate of drug-likeness (QED) is 0.116. The molecule has 0 aromatic rings. The number of ether oxygens (including phenoxy) is 5. The Balaban J connectivity index is 1.90. The number of hydrogen-bond acceptors (Lipinski definition) is 16. The van der Waals surface area contributed by atoms with Crippen LogP contribution in [-0.4, -0.2) is 174 Å². The van der Waals surface area contributed by atoms with Crippen LogP contribution in [0.1, 0.15) is 13.3 Å². The summed E-state index contributed by atoms with van der Waals surface area (Å²) in [7, 11) is 0. The van der Waals surface area contributed by atoms with Crippen molar-refractivity contribution in [3.05, 3.63) is 0 Å². The predicted octanol–water partition coefficient (Wildman–Crippen LogP) is -6.41. The van der Waals surface area contributed by atoms with Gasteiger partial charge in [-0.2, -0.15) is 0 Å². The minimum absolute atomic E-state index is 0.332. The summed E-state index contributed by atoms with van der Waals surface area (Å²) in [4.78, 5) is 12.4. The summed E-state index contributed by atoms with van der Waals surface area (Å²) in [5.74, 6) is -5.62. The summed E-state index contributed by atoms with van der Waals surface area (Å²) < 4.78 is 27.2. The molecule has 15 atom stereocenters. The normalized spacial score (nSPS) is 46.9. The zero-order valence-corrected chi connectivity index (χ0v) is 21.0. The van der Waals surface area contributed by atoms with Gasteiger partial charge in [0.1, 0.15) is 61.0 Å². The summed E-state index contributed by atoms with van der Waals surface area (Å²) in [6.45, 7) is -1.41. The maximum Gasteiger partial charge on any atom is 0.364 e. The van der Waals surface area contributed by atoms with Crippen LogP contribution in [0.2, 0.25) is 0 Å². The Morgan fingerprint density at radius 2 is 1.59 bits per heavy atom. The number of hydrogen-bond donors (Lipinski definition) is 11. The van der Waals surface area contributed by atoms with E-state index in [1.54, 1.807) is 0 Å². The summed E-state index contributed by atoms with van der Waals surface area (Å²) in [6.07, 6.45) is -22.5. The molecular formula is C22H38O17. The Morgan fingerprint density at radius 1 is 0.949 bits per heavy atom. The first-order valence-corrected chi connectivity index (χ1v) is 12.4. The average molecular weight is 575 g/mol. The molecule has 17 heteroatoms. The second-order valence-corrected chi connectivity index (χ2v) is 10.0. The molecule has 6 unspecified atom stereocenters. The number of aliphatic carboxylic acids is 1. The molecule has 3 aliphatic heterocycles. The van der Waals surface area contributed by atoms with E-state index in [1.165, 1.54) is 6.92 Å². The van der Waals surface area contributed by atoms with Crippen molar-refractivity contribution in [2.24, 2.45) is 5.92 Å². The maximum atomic E-state index is 12.4. The van der Waals surface area contributed by atoms with E-state index in [0.717, 1.165) is 0 Å². The van der Waals surface area contributed by atoms with Crippen molar-refractivity contribution in [3.63, 3.8) is 0 Å². The molecular weight excluding hydrogens is 536 g/mol. The monoisotopic (exact) mass is 574 g/mol. The predicted molar refractivity (Wildman–Crippen MR) is 120 cm³/mol. The number of carboxylic acids is 1. The molecule has 0 aliphatic carbocycles. The van der Waals surface area contributed by atoms with Crippen molar-refractivity contribution in [1.82, 2.24) is 0 Å². The molecule has 3 heterocycles. The van der Waals surface area contributed by atoms with E-state index in [4.69, 9.17) is 23.7 Å². The van der Waals surface area contributed by atoms with Crippen molar-refractivity contribution in [1.29, 1.82) is 0 Å². The molecule has 11 N–H and O–H groups in total. The van der Waals surface area contributed by atoms with Crippen molar-refractivity contribution in [3.8, 4) is 0 Å². The van der Waals surface area contributed by atoms with E-state index >= 15 is 0 Å². The average Bonchev–Trinajstić information content (AvgIpc) is 2.91. The molecule has 0 amide bonds. The van der Waals surface area contributed by atoms with Crippen molar-refractivity contribution in [2.75, 3.05) is 26.4 Å². The molecule has 0 radical (unpaired) electrons. The highest BCUT2D eigenvalue weighted by atomic mass is 16.8. The van der Waals surface area contributed by atoms with E-state index in [2.05, 4.69) is 0 Å². The van der Waals surface area contributed by atoms with Crippen LogP contribution < -0.4 is 0 Å². The Kier molecular flexibility index (Phi) is 11.0. The fraction of sp³-hybridized carbons (Fsp3) is 0.955. The lowest BCUT2D eigenvalue weighted by atomic mass is 9.84. The van der Waals surface area contributed by atoms with Gasteiger partial charge in [0.05, 0.1) is 38.6 Å². The van der Waals surface area contributed by atoms with Gasteiger partial charge < -0.3 is 79.9 Å². The number of carbonyl (C=O) groups is 1.